The van der Waals surface area contributed by atoms with Crippen LogP contribution in [0.15, 0.2) is 0 Å². The van der Waals surface area contributed by atoms with Gasteiger partial charge in [-0.15, -0.1) is 0 Å². The Bertz CT molecular complexity index is 294. The van der Waals surface area contributed by atoms with Crippen LogP contribution in [0.3, 0.4) is 0 Å². The molecule has 0 spiro atoms. The van der Waals surface area contributed by atoms with Crippen molar-refractivity contribution in [3.8, 4) is 0 Å². The van der Waals surface area contributed by atoms with Gasteiger partial charge in [-0.1, -0.05) is 26.1 Å². The first-order valence-electron chi connectivity index (χ1n) is 6.09. The van der Waals surface area contributed by atoms with Crippen molar-refractivity contribution in [3.63, 3.8) is 0 Å². The fraction of sp³-hybridized carbons (Fsp3) is 0.917. The maximum absolute atomic E-state index is 12.6. The number of hydrogen-bond donors (Lipinski definition) is 1. The summed E-state index contributed by atoms with van der Waals surface area (Å²) in [5.74, 6) is -1.83. The van der Waals surface area contributed by atoms with Crippen molar-refractivity contribution >= 4 is 17.2 Å². The summed E-state index contributed by atoms with van der Waals surface area (Å²) in [6.45, 7) is 3.87. The lowest BCUT2D eigenvalue weighted by molar-refractivity contribution is -0.173. The van der Waals surface area contributed by atoms with E-state index in [1.54, 1.807) is 0 Å². The number of alkyl halides is 3. The number of thiocarbonyl (C=S) groups is 1. The summed E-state index contributed by atoms with van der Waals surface area (Å²) in [6.07, 6.45) is -0.968. The minimum absolute atomic E-state index is 0.0998. The van der Waals surface area contributed by atoms with Crippen LogP contribution >= 0.6 is 12.2 Å². The van der Waals surface area contributed by atoms with Gasteiger partial charge in [0.2, 0.25) is 0 Å². The first-order valence-corrected chi connectivity index (χ1v) is 6.50. The average Bonchev–Trinajstić information content (AvgIpc) is 2.18. The molecule has 1 aliphatic carbocycles. The molecule has 0 bridgehead atoms. The van der Waals surface area contributed by atoms with Gasteiger partial charge in [0, 0.05) is 0 Å². The maximum Gasteiger partial charge on any atom is 0.400 e. The Kier molecular flexibility index (Phi) is 5.00. The number of rotatable bonds is 4. The fourth-order valence-corrected chi connectivity index (χ4v) is 2.31. The number of ether oxygens (including phenoxy) is 1. The zero-order valence-electron chi connectivity index (χ0n) is 10.7. The smallest absolute Gasteiger partial charge is 0.393 e. The van der Waals surface area contributed by atoms with Crippen LogP contribution in [-0.4, -0.2) is 23.9 Å². The highest BCUT2D eigenvalue weighted by Crippen LogP contribution is 2.36. The van der Waals surface area contributed by atoms with Crippen molar-refractivity contribution in [1.82, 2.24) is 0 Å². The summed E-state index contributed by atoms with van der Waals surface area (Å²) >= 11 is 4.45. The van der Waals surface area contributed by atoms with E-state index >= 15 is 0 Å². The highest BCUT2D eigenvalue weighted by molar-refractivity contribution is 7.80. The van der Waals surface area contributed by atoms with Crippen LogP contribution in [0.2, 0.25) is 0 Å². The van der Waals surface area contributed by atoms with Crippen LogP contribution in [-0.2, 0) is 4.74 Å². The molecule has 2 nitrogen and oxygen atoms in total. The van der Waals surface area contributed by atoms with Crippen molar-refractivity contribution in [2.45, 2.75) is 51.8 Å². The molecule has 1 atom stereocenters. The average molecular weight is 283 g/mol. The Labute approximate surface area is 111 Å². The van der Waals surface area contributed by atoms with Gasteiger partial charge in [0.05, 0.1) is 17.7 Å². The van der Waals surface area contributed by atoms with E-state index in [1.807, 2.05) is 0 Å². The van der Waals surface area contributed by atoms with E-state index in [4.69, 9.17) is 10.5 Å². The highest BCUT2D eigenvalue weighted by Gasteiger charge is 2.42. The van der Waals surface area contributed by atoms with Crippen LogP contribution in [0.25, 0.3) is 0 Å². The predicted molar refractivity (Wildman–Crippen MR) is 68.3 cm³/mol. The Morgan fingerprint density at radius 3 is 2.28 bits per heavy atom. The van der Waals surface area contributed by atoms with Crippen molar-refractivity contribution in [2.75, 3.05) is 6.61 Å². The van der Waals surface area contributed by atoms with Gasteiger partial charge in [-0.2, -0.15) is 13.2 Å². The van der Waals surface area contributed by atoms with Gasteiger partial charge in [-0.25, -0.2) is 0 Å². The molecule has 0 radical (unpaired) electrons. The molecule has 1 aliphatic rings. The second-order valence-electron chi connectivity index (χ2n) is 5.69. The second-order valence-corrected chi connectivity index (χ2v) is 6.16. The van der Waals surface area contributed by atoms with Crippen LogP contribution in [0.4, 0.5) is 13.2 Å². The molecule has 1 saturated carbocycles. The van der Waals surface area contributed by atoms with Crippen LogP contribution in [0.1, 0.15) is 39.5 Å². The van der Waals surface area contributed by atoms with Crippen LogP contribution in [0.5, 0.6) is 0 Å². The zero-order valence-corrected chi connectivity index (χ0v) is 11.5. The van der Waals surface area contributed by atoms with E-state index in [0.717, 1.165) is 25.7 Å². The third-order valence-corrected chi connectivity index (χ3v) is 3.81. The molecule has 1 unspecified atom stereocenters. The minimum atomic E-state index is -4.42. The van der Waals surface area contributed by atoms with Crippen molar-refractivity contribution in [3.05, 3.63) is 0 Å². The molecule has 18 heavy (non-hydrogen) atoms. The molecule has 106 valence electrons. The summed E-state index contributed by atoms with van der Waals surface area (Å²) in [6, 6.07) is 0. The van der Waals surface area contributed by atoms with Gasteiger partial charge < -0.3 is 10.5 Å². The third-order valence-electron chi connectivity index (χ3n) is 3.52. The summed E-state index contributed by atoms with van der Waals surface area (Å²) in [5.41, 5.74) is 5.38. The van der Waals surface area contributed by atoms with Gasteiger partial charge in [-0.3, -0.25) is 0 Å². The summed E-state index contributed by atoms with van der Waals surface area (Å²) in [7, 11) is 0. The molecule has 2 N–H and O–H groups in total. The number of halogens is 3. The minimum Gasteiger partial charge on any atom is -0.393 e. The normalized spacial score (nSPS) is 22.7. The summed E-state index contributed by atoms with van der Waals surface area (Å²) in [4.78, 5) is -0.543. The van der Waals surface area contributed by atoms with E-state index < -0.39 is 23.7 Å². The highest BCUT2D eigenvalue weighted by atomic mass is 32.1. The Morgan fingerprint density at radius 1 is 1.39 bits per heavy atom. The summed E-state index contributed by atoms with van der Waals surface area (Å²) in [5, 5.41) is 0. The largest absolute Gasteiger partial charge is 0.400 e. The SMILES string of the molecule is CC1(C)CCC(OCC(C(N)=S)C(F)(F)F)CC1. The van der Waals surface area contributed by atoms with Gasteiger partial charge in [0.25, 0.3) is 0 Å². The molecule has 0 aromatic rings. The van der Waals surface area contributed by atoms with Gasteiger partial charge in [0.15, 0.2) is 0 Å². The maximum atomic E-state index is 12.6. The molecule has 0 aromatic heterocycles. The fourth-order valence-electron chi connectivity index (χ4n) is 2.11. The van der Waals surface area contributed by atoms with Gasteiger partial charge >= 0.3 is 6.18 Å². The molecule has 0 aliphatic heterocycles. The predicted octanol–water partition coefficient (Wildman–Crippen LogP) is 3.44. The molecule has 1 rings (SSSR count). The lowest BCUT2D eigenvalue weighted by Gasteiger charge is -2.34. The molecular weight excluding hydrogens is 263 g/mol. The molecule has 1 fully saturated rings. The number of nitrogens with two attached hydrogens (primary N) is 1. The van der Waals surface area contributed by atoms with E-state index in [9.17, 15) is 13.2 Å². The Morgan fingerprint density at radius 2 is 1.89 bits per heavy atom. The topological polar surface area (TPSA) is 35.2 Å². The van der Waals surface area contributed by atoms with E-state index in [-0.39, 0.29) is 11.5 Å². The second kappa shape index (κ2) is 5.74. The first kappa shape index (κ1) is 15.7. The monoisotopic (exact) mass is 283 g/mol. The standard InChI is InChI=1S/C12H20F3NOS/c1-11(2)5-3-8(4-6-11)17-7-9(10(16)18)12(13,14)15/h8-9H,3-7H2,1-2H3,(H2,16,18). The van der Waals surface area contributed by atoms with Gasteiger partial charge in [-0.05, 0) is 31.1 Å². The molecular formula is C12H20F3NOS. The van der Waals surface area contributed by atoms with E-state index in [2.05, 4.69) is 26.1 Å². The number of hydrogen-bond acceptors (Lipinski definition) is 2. The first-order chi connectivity index (χ1) is 8.12. The van der Waals surface area contributed by atoms with E-state index in [0.29, 0.717) is 0 Å². The van der Waals surface area contributed by atoms with Crippen molar-refractivity contribution < 1.29 is 17.9 Å². The van der Waals surface area contributed by atoms with Crippen molar-refractivity contribution in [2.24, 2.45) is 17.1 Å². The quantitative estimate of drug-likeness (QED) is 0.803. The Hall–Kier alpha value is -0.360. The van der Waals surface area contributed by atoms with Gasteiger partial charge in [0.1, 0.15) is 5.92 Å². The zero-order chi connectivity index (χ0) is 14.0. The summed E-state index contributed by atoms with van der Waals surface area (Å²) < 4.78 is 43.1. The van der Waals surface area contributed by atoms with Crippen LogP contribution < -0.4 is 5.73 Å². The van der Waals surface area contributed by atoms with E-state index in [1.165, 1.54) is 0 Å². The third kappa shape index (κ3) is 4.72. The van der Waals surface area contributed by atoms with Crippen molar-refractivity contribution in [1.29, 1.82) is 0 Å². The molecule has 0 amide bonds. The molecule has 0 aromatic carbocycles. The van der Waals surface area contributed by atoms with Crippen LogP contribution in [0, 0.1) is 11.3 Å². The molecule has 6 heteroatoms. The molecule has 0 heterocycles. The Balaban J connectivity index is 2.43. The lowest BCUT2D eigenvalue weighted by atomic mass is 9.76. The molecule has 0 saturated heterocycles. The lowest BCUT2D eigenvalue weighted by Crippen LogP contribution is -2.39.